The second-order valence-corrected chi connectivity index (χ2v) is 6.48. The van der Waals surface area contributed by atoms with Gasteiger partial charge in [-0.25, -0.2) is 4.79 Å². The first kappa shape index (κ1) is 12.5. The SMILES string of the molecule is C=C(C)C(=O)O[Si]C1CCC(C)(C)CC1. The average Bonchev–Trinajstić information content (AvgIpc) is 2.15. The molecule has 84 valence electrons. The number of carbonyl (C=O) groups excluding carboxylic acids is 1. The molecule has 2 radical (unpaired) electrons. The summed E-state index contributed by atoms with van der Waals surface area (Å²) in [4.78, 5) is 11.2. The van der Waals surface area contributed by atoms with Crippen molar-refractivity contribution in [3.8, 4) is 0 Å². The van der Waals surface area contributed by atoms with Gasteiger partial charge in [0.1, 0.15) is 0 Å². The second kappa shape index (κ2) is 4.97. The van der Waals surface area contributed by atoms with Crippen LogP contribution in [0.2, 0.25) is 5.54 Å². The van der Waals surface area contributed by atoms with Gasteiger partial charge in [0, 0.05) is 5.57 Å². The maximum absolute atomic E-state index is 11.2. The van der Waals surface area contributed by atoms with Crippen LogP contribution < -0.4 is 0 Å². The van der Waals surface area contributed by atoms with E-state index in [1.807, 2.05) is 0 Å². The smallest absolute Gasteiger partial charge is 0.319 e. The summed E-state index contributed by atoms with van der Waals surface area (Å²) in [7, 11) is 0.320. The Balaban J connectivity index is 2.25. The summed E-state index contributed by atoms with van der Waals surface area (Å²) < 4.78 is 5.20. The topological polar surface area (TPSA) is 26.3 Å². The molecular formula is C12H20O2Si. The molecule has 0 heterocycles. The highest BCUT2D eigenvalue weighted by Crippen LogP contribution is 2.40. The predicted molar refractivity (Wildman–Crippen MR) is 62.7 cm³/mol. The van der Waals surface area contributed by atoms with Gasteiger partial charge in [-0.15, -0.1) is 0 Å². The lowest BCUT2D eigenvalue weighted by Gasteiger charge is -2.33. The molecule has 1 fully saturated rings. The van der Waals surface area contributed by atoms with Gasteiger partial charge < -0.3 is 4.43 Å². The molecule has 0 saturated heterocycles. The molecule has 0 bridgehead atoms. The fourth-order valence-corrected chi connectivity index (χ4v) is 2.71. The van der Waals surface area contributed by atoms with Crippen LogP contribution in [0.25, 0.3) is 0 Å². The second-order valence-electron chi connectivity index (χ2n) is 5.23. The zero-order valence-electron chi connectivity index (χ0n) is 9.93. The fourth-order valence-electron chi connectivity index (χ4n) is 1.74. The van der Waals surface area contributed by atoms with Crippen molar-refractivity contribution >= 4 is 15.7 Å². The molecule has 2 nitrogen and oxygen atoms in total. The lowest BCUT2D eigenvalue weighted by atomic mass is 9.77. The highest BCUT2D eigenvalue weighted by molar-refractivity contribution is 6.33. The minimum atomic E-state index is -0.238. The first-order valence-electron chi connectivity index (χ1n) is 5.53. The van der Waals surface area contributed by atoms with E-state index in [-0.39, 0.29) is 5.97 Å². The molecule has 0 N–H and O–H groups in total. The van der Waals surface area contributed by atoms with Gasteiger partial charge in [0.05, 0.1) is 0 Å². The molecule has 0 spiro atoms. The van der Waals surface area contributed by atoms with Crippen molar-refractivity contribution < 1.29 is 9.22 Å². The molecule has 0 aromatic heterocycles. The van der Waals surface area contributed by atoms with E-state index in [2.05, 4.69) is 20.4 Å². The van der Waals surface area contributed by atoms with Crippen molar-refractivity contribution in [2.45, 2.75) is 52.0 Å². The fraction of sp³-hybridized carbons (Fsp3) is 0.750. The molecule has 0 atom stereocenters. The molecule has 1 aliphatic rings. The maximum Gasteiger partial charge on any atom is 0.319 e. The minimum absolute atomic E-state index is 0.238. The van der Waals surface area contributed by atoms with Gasteiger partial charge in [-0.05, 0) is 43.6 Å². The monoisotopic (exact) mass is 224 g/mol. The molecule has 0 aromatic rings. The summed E-state index contributed by atoms with van der Waals surface area (Å²) in [5, 5.41) is 0. The predicted octanol–water partition coefficient (Wildman–Crippen LogP) is 3.11. The van der Waals surface area contributed by atoms with Crippen LogP contribution in [0.15, 0.2) is 12.2 Å². The van der Waals surface area contributed by atoms with Gasteiger partial charge in [0.25, 0.3) is 0 Å². The Hall–Kier alpha value is -0.573. The van der Waals surface area contributed by atoms with Gasteiger partial charge in [0.15, 0.2) is 0 Å². The van der Waals surface area contributed by atoms with Crippen LogP contribution in [-0.4, -0.2) is 15.7 Å². The standard InChI is InChI=1S/C12H20O2Si/c1-9(2)11(13)14-15-10-5-7-12(3,4)8-6-10/h10H,1,5-8H2,2-4H3. The van der Waals surface area contributed by atoms with Crippen molar-refractivity contribution in [3.05, 3.63) is 12.2 Å². The van der Waals surface area contributed by atoms with E-state index in [9.17, 15) is 4.79 Å². The summed E-state index contributed by atoms with van der Waals surface area (Å²) in [6.07, 6.45) is 4.87. The Labute approximate surface area is 95.0 Å². The van der Waals surface area contributed by atoms with E-state index in [0.29, 0.717) is 26.3 Å². The van der Waals surface area contributed by atoms with Gasteiger partial charge in [0.2, 0.25) is 0 Å². The summed E-state index contributed by atoms with van der Waals surface area (Å²) in [5.41, 5.74) is 1.57. The molecule has 3 heteroatoms. The highest BCUT2D eigenvalue weighted by atomic mass is 28.2. The van der Waals surface area contributed by atoms with Crippen molar-refractivity contribution in [1.82, 2.24) is 0 Å². The molecule has 15 heavy (non-hydrogen) atoms. The van der Waals surface area contributed by atoms with Crippen molar-refractivity contribution in [3.63, 3.8) is 0 Å². The van der Waals surface area contributed by atoms with E-state index in [4.69, 9.17) is 4.43 Å². The third kappa shape index (κ3) is 4.20. The molecule has 0 aliphatic heterocycles. The summed E-state index contributed by atoms with van der Waals surface area (Å²) in [5.74, 6) is -0.238. The van der Waals surface area contributed by atoms with E-state index in [0.717, 1.165) is 0 Å². The highest BCUT2D eigenvalue weighted by Gasteiger charge is 2.28. The van der Waals surface area contributed by atoms with Crippen LogP contribution in [0.1, 0.15) is 46.5 Å². The van der Waals surface area contributed by atoms with Gasteiger partial charge in [-0.2, -0.15) is 0 Å². The maximum atomic E-state index is 11.2. The Kier molecular flexibility index (Phi) is 4.14. The van der Waals surface area contributed by atoms with E-state index >= 15 is 0 Å². The Morgan fingerprint density at radius 1 is 1.40 bits per heavy atom. The van der Waals surface area contributed by atoms with Crippen molar-refractivity contribution in [1.29, 1.82) is 0 Å². The quantitative estimate of drug-likeness (QED) is 0.544. The largest absolute Gasteiger partial charge is 0.513 e. The average molecular weight is 224 g/mol. The Morgan fingerprint density at radius 3 is 2.40 bits per heavy atom. The van der Waals surface area contributed by atoms with E-state index in [1.54, 1.807) is 6.92 Å². The molecule has 1 aliphatic carbocycles. The van der Waals surface area contributed by atoms with E-state index < -0.39 is 0 Å². The van der Waals surface area contributed by atoms with Crippen LogP contribution in [0.5, 0.6) is 0 Å². The third-order valence-electron chi connectivity index (χ3n) is 3.01. The number of rotatable bonds is 3. The minimum Gasteiger partial charge on any atom is -0.513 e. The molecule has 0 unspecified atom stereocenters. The zero-order valence-corrected chi connectivity index (χ0v) is 10.9. The first-order valence-corrected chi connectivity index (χ1v) is 6.51. The van der Waals surface area contributed by atoms with Crippen LogP contribution in [0.4, 0.5) is 0 Å². The van der Waals surface area contributed by atoms with E-state index in [1.165, 1.54) is 25.7 Å². The molecule has 0 aromatic carbocycles. The van der Waals surface area contributed by atoms with Gasteiger partial charge >= 0.3 is 15.7 Å². The van der Waals surface area contributed by atoms with Gasteiger partial charge in [-0.1, -0.05) is 20.4 Å². The Bertz CT molecular complexity index is 248. The Morgan fingerprint density at radius 2 is 1.93 bits per heavy atom. The third-order valence-corrected chi connectivity index (χ3v) is 4.22. The number of carbonyl (C=O) groups is 1. The first-order chi connectivity index (χ1) is 6.91. The molecule has 1 rings (SSSR count). The van der Waals surface area contributed by atoms with Crippen LogP contribution in [0, 0.1) is 5.41 Å². The van der Waals surface area contributed by atoms with Crippen LogP contribution >= 0.6 is 0 Å². The number of hydrogen-bond acceptors (Lipinski definition) is 2. The lowest BCUT2D eigenvalue weighted by Crippen LogP contribution is -2.23. The van der Waals surface area contributed by atoms with Gasteiger partial charge in [-0.3, -0.25) is 0 Å². The molecule has 1 saturated carbocycles. The van der Waals surface area contributed by atoms with Crippen LogP contribution in [0.3, 0.4) is 0 Å². The van der Waals surface area contributed by atoms with Crippen LogP contribution in [-0.2, 0) is 9.22 Å². The number of hydrogen-bond donors (Lipinski definition) is 0. The normalized spacial score (nSPS) is 21.0. The van der Waals surface area contributed by atoms with Crippen molar-refractivity contribution in [2.24, 2.45) is 5.41 Å². The molecular weight excluding hydrogens is 204 g/mol. The summed E-state index contributed by atoms with van der Waals surface area (Å²) in [6, 6.07) is 0. The molecule has 0 amide bonds. The lowest BCUT2D eigenvalue weighted by molar-refractivity contribution is -0.130. The summed E-state index contributed by atoms with van der Waals surface area (Å²) >= 11 is 0. The summed E-state index contributed by atoms with van der Waals surface area (Å²) in [6.45, 7) is 9.89. The van der Waals surface area contributed by atoms with Crippen molar-refractivity contribution in [2.75, 3.05) is 0 Å². The zero-order chi connectivity index (χ0) is 11.5.